The first-order valence-electron chi connectivity index (χ1n) is 8.85. The minimum Gasteiger partial charge on any atom is -0.378 e. The lowest BCUT2D eigenvalue weighted by Gasteiger charge is -2.28. The van der Waals surface area contributed by atoms with Gasteiger partial charge in [-0.05, 0) is 26.0 Å². The fourth-order valence-corrected chi connectivity index (χ4v) is 3.07. The van der Waals surface area contributed by atoms with E-state index < -0.39 is 11.9 Å². The second-order valence-electron chi connectivity index (χ2n) is 6.62. The van der Waals surface area contributed by atoms with E-state index in [9.17, 15) is 13.2 Å². The number of hydrogen-bond donors (Lipinski definition) is 0. The SMILES string of the molecule is Cc1nc2cc(N3CCOCC3)nc(-c3ccc(C(F)(F)F)nc3)c2nc1C. The van der Waals surface area contributed by atoms with Crippen LogP contribution in [0.15, 0.2) is 24.4 Å². The van der Waals surface area contributed by atoms with E-state index in [-0.39, 0.29) is 0 Å². The van der Waals surface area contributed by atoms with Crippen molar-refractivity contribution in [2.75, 3.05) is 31.2 Å². The van der Waals surface area contributed by atoms with Crippen LogP contribution >= 0.6 is 0 Å². The first-order valence-corrected chi connectivity index (χ1v) is 8.85. The molecule has 9 heteroatoms. The van der Waals surface area contributed by atoms with Gasteiger partial charge in [-0.3, -0.25) is 4.98 Å². The van der Waals surface area contributed by atoms with Gasteiger partial charge in [0.1, 0.15) is 22.7 Å². The monoisotopic (exact) mass is 389 g/mol. The number of morpholine rings is 1. The Labute approximate surface area is 159 Å². The topological polar surface area (TPSA) is 64.0 Å². The van der Waals surface area contributed by atoms with Gasteiger partial charge in [0.15, 0.2) is 0 Å². The molecule has 0 radical (unpaired) electrons. The lowest BCUT2D eigenvalue weighted by Crippen LogP contribution is -2.36. The van der Waals surface area contributed by atoms with Crippen molar-refractivity contribution in [1.29, 1.82) is 0 Å². The minimum atomic E-state index is -4.49. The summed E-state index contributed by atoms with van der Waals surface area (Å²) in [7, 11) is 0. The Balaban J connectivity index is 1.88. The maximum absolute atomic E-state index is 12.9. The highest BCUT2D eigenvalue weighted by molar-refractivity contribution is 5.91. The molecule has 28 heavy (non-hydrogen) atoms. The van der Waals surface area contributed by atoms with Gasteiger partial charge in [-0.25, -0.2) is 15.0 Å². The fourth-order valence-electron chi connectivity index (χ4n) is 3.07. The number of anilines is 1. The smallest absolute Gasteiger partial charge is 0.378 e. The molecule has 1 saturated heterocycles. The summed E-state index contributed by atoms with van der Waals surface area (Å²) < 4.78 is 44.0. The van der Waals surface area contributed by atoms with Gasteiger partial charge in [0.05, 0.1) is 30.1 Å². The second kappa shape index (κ2) is 6.97. The molecule has 0 N–H and O–H groups in total. The van der Waals surface area contributed by atoms with E-state index in [1.807, 2.05) is 19.9 Å². The molecule has 0 atom stereocenters. The van der Waals surface area contributed by atoms with Crippen molar-refractivity contribution in [2.24, 2.45) is 0 Å². The van der Waals surface area contributed by atoms with Gasteiger partial charge < -0.3 is 9.64 Å². The van der Waals surface area contributed by atoms with Crippen LogP contribution in [0, 0.1) is 13.8 Å². The van der Waals surface area contributed by atoms with E-state index in [2.05, 4.69) is 19.9 Å². The third-order valence-electron chi connectivity index (χ3n) is 4.71. The normalized spacial score (nSPS) is 15.2. The summed E-state index contributed by atoms with van der Waals surface area (Å²) >= 11 is 0. The number of ether oxygens (including phenoxy) is 1. The molecule has 1 fully saturated rings. The molecular weight excluding hydrogens is 371 g/mol. The Morgan fingerprint density at radius 3 is 2.36 bits per heavy atom. The largest absolute Gasteiger partial charge is 0.433 e. The van der Waals surface area contributed by atoms with Crippen LogP contribution in [0.3, 0.4) is 0 Å². The Bertz CT molecular complexity index is 1010. The molecule has 0 unspecified atom stereocenters. The van der Waals surface area contributed by atoms with Gasteiger partial charge in [0.2, 0.25) is 0 Å². The van der Waals surface area contributed by atoms with Gasteiger partial charge >= 0.3 is 6.18 Å². The van der Waals surface area contributed by atoms with Crippen LogP contribution in [0.4, 0.5) is 19.0 Å². The molecule has 1 aliphatic rings. The third kappa shape index (κ3) is 3.49. The Kier molecular flexibility index (Phi) is 4.62. The molecule has 0 aromatic carbocycles. The average Bonchev–Trinajstić information content (AvgIpc) is 2.68. The molecule has 0 amide bonds. The number of fused-ring (bicyclic) bond motifs is 1. The van der Waals surface area contributed by atoms with Gasteiger partial charge in [0.25, 0.3) is 0 Å². The molecule has 0 bridgehead atoms. The van der Waals surface area contributed by atoms with Crippen LogP contribution in [0.5, 0.6) is 0 Å². The third-order valence-corrected chi connectivity index (χ3v) is 4.71. The summed E-state index contributed by atoms with van der Waals surface area (Å²) in [5.41, 5.74) is 2.72. The molecular formula is C19H18F3N5O. The number of aryl methyl sites for hydroxylation is 2. The van der Waals surface area contributed by atoms with Crippen molar-refractivity contribution in [3.05, 3.63) is 41.5 Å². The maximum atomic E-state index is 12.9. The van der Waals surface area contributed by atoms with Gasteiger partial charge in [-0.2, -0.15) is 13.2 Å². The highest BCUT2D eigenvalue weighted by atomic mass is 19.4. The fraction of sp³-hybridized carbons (Fsp3) is 0.368. The van der Waals surface area contributed by atoms with Gasteiger partial charge in [0, 0.05) is 30.9 Å². The van der Waals surface area contributed by atoms with E-state index in [0.29, 0.717) is 54.4 Å². The highest BCUT2D eigenvalue weighted by Gasteiger charge is 2.32. The number of hydrogen-bond acceptors (Lipinski definition) is 6. The van der Waals surface area contributed by atoms with E-state index in [4.69, 9.17) is 9.72 Å². The van der Waals surface area contributed by atoms with Crippen LogP contribution in [0.2, 0.25) is 0 Å². The number of pyridine rings is 2. The second-order valence-corrected chi connectivity index (χ2v) is 6.62. The molecule has 3 aromatic rings. The first kappa shape index (κ1) is 18.5. The quantitative estimate of drug-likeness (QED) is 0.668. The Hall–Kier alpha value is -2.81. The molecule has 146 valence electrons. The maximum Gasteiger partial charge on any atom is 0.433 e. The summed E-state index contributed by atoms with van der Waals surface area (Å²) in [6.07, 6.45) is -3.30. The number of halogens is 3. The molecule has 0 spiro atoms. The van der Waals surface area contributed by atoms with Crippen molar-refractivity contribution in [1.82, 2.24) is 19.9 Å². The van der Waals surface area contributed by atoms with E-state index >= 15 is 0 Å². The number of alkyl halides is 3. The molecule has 4 rings (SSSR count). The molecule has 0 aliphatic carbocycles. The van der Waals surface area contributed by atoms with Gasteiger partial charge in [-0.15, -0.1) is 0 Å². The molecule has 0 saturated carbocycles. The Morgan fingerprint density at radius 2 is 1.71 bits per heavy atom. The lowest BCUT2D eigenvalue weighted by molar-refractivity contribution is -0.141. The molecule has 1 aliphatic heterocycles. The standard InChI is InChI=1S/C19H18F3N5O/c1-11-12(2)25-18-14(24-11)9-16(27-5-7-28-8-6-27)26-17(18)13-3-4-15(23-10-13)19(20,21)22/h3-4,9-10H,5-8H2,1-2H3. The summed E-state index contributed by atoms with van der Waals surface area (Å²) in [4.78, 5) is 19.5. The summed E-state index contributed by atoms with van der Waals surface area (Å²) in [6.45, 7) is 6.26. The van der Waals surface area contributed by atoms with Crippen molar-refractivity contribution >= 4 is 16.9 Å². The van der Waals surface area contributed by atoms with E-state index in [0.717, 1.165) is 17.5 Å². The first-order chi connectivity index (χ1) is 13.3. The van der Waals surface area contributed by atoms with Crippen LogP contribution < -0.4 is 4.90 Å². The average molecular weight is 389 g/mol. The van der Waals surface area contributed by atoms with Crippen molar-refractivity contribution < 1.29 is 17.9 Å². The highest BCUT2D eigenvalue weighted by Crippen LogP contribution is 2.32. The zero-order chi connectivity index (χ0) is 19.9. The van der Waals surface area contributed by atoms with Crippen LogP contribution in [0.1, 0.15) is 17.1 Å². The van der Waals surface area contributed by atoms with Gasteiger partial charge in [-0.1, -0.05) is 0 Å². The van der Waals surface area contributed by atoms with Crippen LogP contribution in [-0.4, -0.2) is 46.2 Å². The molecule has 6 nitrogen and oxygen atoms in total. The number of aromatic nitrogens is 4. The molecule has 4 heterocycles. The van der Waals surface area contributed by atoms with Crippen molar-refractivity contribution in [3.8, 4) is 11.3 Å². The summed E-state index contributed by atoms with van der Waals surface area (Å²) in [5, 5.41) is 0. The Morgan fingerprint density at radius 1 is 1.00 bits per heavy atom. The predicted molar refractivity (Wildman–Crippen MR) is 98.1 cm³/mol. The summed E-state index contributed by atoms with van der Waals surface area (Å²) in [6, 6.07) is 4.19. The zero-order valence-corrected chi connectivity index (χ0v) is 15.4. The zero-order valence-electron chi connectivity index (χ0n) is 15.4. The number of nitrogens with zero attached hydrogens (tertiary/aromatic N) is 5. The van der Waals surface area contributed by atoms with Crippen LogP contribution in [0.25, 0.3) is 22.3 Å². The van der Waals surface area contributed by atoms with Crippen molar-refractivity contribution in [2.45, 2.75) is 20.0 Å². The lowest BCUT2D eigenvalue weighted by atomic mass is 10.1. The van der Waals surface area contributed by atoms with Crippen LogP contribution in [-0.2, 0) is 10.9 Å². The predicted octanol–water partition coefficient (Wildman–Crippen LogP) is 3.56. The van der Waals surface area contributed by atoms with E-state index in [1.165, 1.54) is 12.3 Å². The van der Waals surface area contributed by atoms with Crippen molar-refractivity contribution in [3.63, 3.8) is 0 Å². The number of rotatable bonds is 2. The summed E-state index contributed by atoms with van der Waals surface area (Å²) in [5.74, 6) is 0.697. The van der Waals surface area contributed by atoms with E-state index in [1.54, 1.807) is 0 Å². The molecule has 3 aromatic heterocycles. The minimum absolute atomic E-state index is 0.464.